The number of para-hydroxylation sites is 1. The Morgan fingerprint density at radius 3 is 2.39 bits per heavy atom. The van der Waals surface area contributed by atoms with Crippen molar-refractivity contribution >= 4 is 52.5 Å². The number of carboxylic acid groups (broad SMARTS) is 1. The zero-order chi connectivity index (χ0) is 23.2. The lowest BCUT2D eigenvalue weighted by Crippen LogP contribution is -2.49. The largest absolute Gasteiger partial charge is 0.480 e. The van der Waals surface area contributed by atoms with Crippen molar-refractivity contribution in [3.8, 4) is 0 Å². The smallest absolute Gasteiger partial charge is 0.326 e. The number of Topliss-reactive ketones (excluding diaryl/α,β-unsaturated/α-hetero) is 1. The van der Waals surface area contributed by atoms with Crippen molar-refractivity contribution in [3.63, 3.8) is 0 Å². The number of hydrogen-bond acceptors (Lipinski definition) is 5. The first-order chi connectivity index (χ1) is 14.8. The minimum atomic E-state index is -1.06. The van der Waals surface area contributed by atoms with E-state index in [2.05, 4.69) is 10.6 Å². The van der Waals surface area contributed by atoms with Crippen LogP contribution in [0.1, 0.15) is 25.7 Å². The van der Waals surface area contributed by atoms with Crippen molar-refractivity contribution < 1.29 is 19.5 Å². The van der Waals surface area contributed by atoms with Crippen molar-refractivity contribution in [1.82, 2.24) is 10.6 Å². The number of carbonyl (C=O) groups excluding carboxylic acids is 2. The van der Waals surface area contributed by atoms with Gasteiger partial charge in [-0.05, 0) is 37.8 Å². The van der Waals surface area contributed by atoms with Crippen molar-refractivity contribution in [2.75, 3.05) is 29.7 Å². The minimum Gasteiger partial charge on any atom is -0.480 e. The molecular formula is C20H29Cl2N5O4. The number of aliphatic carboxylic acids is 1. The number of nitrogens with zero attached hydrogens (tertiary/aromatic N) is 1. The number of ketones is 1. The van der Waals surface area contributed by atoms with E-state index in [9.17, 15) is 19.5 Å². The van der Waals surface area contributed by atoms with Crippen LogP contribution >= 0.6 is 23.2 Å². The van der Waals surface area contributed by atoms with E-state index in [1.165, 1.54) is 0 Å². The fourth-order valence-electron chi connectivity index (χ4n) is 3.06. The van der Waals surface area contributed by atoms with Gasteiger partial charge in [0, 0.05) is 18.8 Å². The summed E-state index contributed by atoms with van der Waals surface area (Å²) in [6.45, 7) is 1.18. The summed E-state index contributed by atoms with van der Waals surface area (Å²) in [5.74, 6) is -1.53. The first-order valence-corrected chi connectivity index (χ1v) is 10.9. The standard InChI is InChI=1S/C17H25N5O3.C3H4Cl2O/c18-17(19)20-10-4-8-13(16(24)25)21-15(23)14-9-5-11-22(14)12-6-2-1-3-7-12;4-1-3(6)2-5/h1-3,6-7,13-14H,4-5,8-11H2,(H,21,23)(H,24,25)(H4,18,19,20);1-2H2/t13-,14?;/m1./s1. The van der Waals surface area contributed by atoms with Gasteiger partial charge in [0.2, 0.25) is 5.91 Å². The molecule has 1 aliphatic heterocycles. The summed E-state index contributed by atoms with van der Waals surface area (Å²) in [7, 11) is 0. The second-order valence-corrected chi connectivity index (χ2v) is 7.41. The van der Waals surface area contributed by atoms with Crippen LogP contribution in [0.4, 0.5) is 5.69 Å². The van der Waals surface area contributed by atoms with Gasteiger partial charge in [-0.25, -0.2) is 4.79 Å². The Balaban J connectivity index is 0.000000703. The predicted octanol–water partition coefficient (Wildman–Crippen LogP) is 1.52. The van der Waals surface area contributed by atoms with Gasteiger partial charge in [-0.15, -0.1) is 23.2 Å². The maximum atomic E-state index is 12.6. The molecule has 2 atom stereocenters. The summed E-state index contributed by atoms with van der Waals surface area (Å²) in [5.41, 5.74) is 6.15. The summed E-state index contributed by atoms with van der Waals surface area (Å²) in [6, 6.07) is 8.38. The molecule has 9 nitrogen and oxygen atoms in total. The molecule has 31 heavy (non-hydrogen) atoms. The number of hydrogen-bond donors (Lipinski definition) is 5. The molecule has 6 N–H and O–H groups in total. The van der Waals surface area contributed by atoms with Crippen molar-refractivity contribution in [3.05, 3.63) is 30.3 Å². The third-order valence-corrected chi connectivity index (χ3v) is 5.14. The van der Waals surface area contributed by atoms with Crippen LogP contribution in [0.25, 0.3) is 0 Å². The molecule has 0 aromatic heterocycles. The highest BCUT2D eigenvalue weighted by molar-refractivity contribution is 6.35. The summed E-state index contributed by atoms with van der Waals surface area (Å²) in [6.07, 6.45) is 2.37. The SMILES string of the molecule is N=C(N)NCCC[C@@H](NC(=O)C1CCCN1c1ccccc1)C(=O)O.O=C(CCl)CCl. The van der Waals surface area contributed by atoms with E-state index in [1.54, 1.807) is 0 Å². The lowest BCUT2D eigenvalue weighted by Gasteiger charge is -2.27. The normalized spacial score (nSPS) is 15.9. The molecule has 0 radical (unpaired) electrons. The molecule has 1 amide bonds. The zero-order valence-electron chi connectivity index (χ0n) is 17.2. The number of nitrogens with two attached hydrogens (primary N) is 1. The molecule has 11 heteroatoms. The van der Waals surface area contributed by atoms with Gasteiger partial charge in [0.05, 0.1) is 11.8 Å². The lowest BCUT2D eigenvalue weighted by atomic mass is 10.1. The second-order valence-electron chi connectivity index (χ2n) is 6.87. The minimum absolute atomic E-state index is 0.0312. The van der Waals surface area contributed by atoms with Crippen LogP contribution in [0.2, 0.25) is 0 Å². The van der Waals surface area contributed by atoms with E-state index in [0.717, 1.165) is 18.7 Å². The van der Waals surface area contributed by atoms with Gasteiger partial charge < -0.3 is 26.4 Å². The summed E-state index contributed by atoms with van der Waals surface area (Å²) in [5, 5.41) is 21.7. The van der Waals surface area contributed by atoms with Crippen LogP contribution in [-0.4, -0.2) is 65.7 Å². The average Bonchev–Trinajstić information content (AvgIpc) is 3.26. The van der Waals surface area contributed by atoms with E-state index in [0.29, 0.717) is 19.4 Å². The highest BCUT2D eigenvalue weighted by atomic mass is 35.5. The number of benzene rings is 1. The molecule has 0 bridgehead atoms. The number of guanidine groups is 1. The second kappa shape index (κ2) is 14.5. The molecule has 0 spiro atoms. The first-order valence-electron chi connectivity index (χ1n) is 9.86. The topological polar surface area (TPSA) is 149 Å². The van der Waals surface area contributed by atoms with Crippen LogP contribution < -0.4 is 21.3 Å². The van der Waals surface area contributed by atoms with Crippen LogP contribution in [0, 0.1) is 5.41 Å². The van der Waals surface area contributed by atoms with Crippen molar-refractivity contribution in [2.45, 2.75) is 37.8 Å². The number of amides is 1. The highest BCUT2D eigenvalue weighted by Gasteiger charge is 2.33. The molecule has 1 fully saturated rings. The Morgan fingerprint density at radius 1 is 1.23 bits per heavy atom. The van der Waals surface area contributed by atoms with E-state index in [1.807, 2.05) is 35.2 Å². The lowest BCUT2D eigenvalue weighted by molar-refractivity contribution is -0.142. The molecule has 1 aliphatic rings. The number of anilines is 1. The van der Waals surface area contributed by atoms with Gasteiger partial charge in [0.15, 0.2) is 11.7 Å². The number of rotatable bonds is 10. The number of halogens is 2. The third-order valence-electron chi connectivity index (χ3n) is 4.54. The highest BCUT2D eigenvalue weighted by Crippen LogP contribution is 2.25. The number of nitrogens with one attached hydrogen (secondary N) is 3. The predicted molar refractivity (Wildman–Crippen MR) is 122 cm³/mol. The molecule has 172 valence electrons. The van der Waals surface area contributed by atoms with Crippen LogP contribution in [0.15, 0.2) is 30.3 Å². The number of alkyl halides is 2. The maximum Gasteiger partial charge on any atom is 0.326 e. The van der Waals surface area contributed by atoms with Gasteiger partial charge in [0.25, 0.3) is 0 Å². The fourth-order valence-corrected chi connectivity index (χ4v) is 3.34. The maximum absolute atomic E-state index is 12.6. The Kier molecular flexibility index (Phi) is 12.4. The van der Waals surface area contributed by atoms with E-state index < -0.39 is 12.0 Å². The molecule has 1 aromatic rings. The van der Waals surface area contributed by atoms with Gasteiger partial charge in [-0.2, -0.15) is 0 Å². The van der Waals surface area contributed by atoms with E-state index in [-0.39, 0.29) is 41.9 Å². The molecule has 1 heterocycles. The van der Waals surface area contributed by atoms with Crippen molar-refractivity contribution in [1.29, 1.82) is 5.41 Å². The van der Waals surface area contributed by atoms with Gasteiger partial charge in [0.1, 0.15) is 12.1 Å². The van der Waals surface area contributed by atoms with E-state index in [4.69, 9.17) is 34.3 Å². The van der Waals surface area contributed by atoms with Gasteiger partial charge >= 0.3 is 5.97 Å². The van der Waals surface area contributed by atoms with Crippen LogP contribution in [0.3, 0.4) is 0 Å². The fraction of sp³-hybridized carbons (Fsp3) is 0.500. The molecule has 2 rings (SSSR count). The number of carboxylic acids is 1. The Hall–Kier alpha value is -2.52. The van der Waals surface area contributed by atoms with Crippen molar-refractivity contribution in [2.24, 2.45) is 5.73 Å². The molecule has 1 aromatic carbocycles. The monoisotopic (exact) mass is 473 g/mol. The zero-order valence-corrected chi connectivity index (χ0v) is 18.7. The molecule has 0 aliphatic carbocycles. The summed E-state index contributed by atoms with van der Waals surface area (Å²) < 4.78 is 0. The first kappa shape index (κ1) is 26.5. The van der Waals surface area contributed by atoms with Gasteiger partial charge in [-0.3, -0.25) is 15.0 Å². The molecule has 1 unspecified atom stereocenters. The number of carbonyl (C=O) groups is 3. The van der Waals surface area contributed by atoms with Gasteiger partial charge in [-0.1, -0.05) is 18.2 Å². The van der Waals surface area contributed by atoms with Crippen LogP contribution in [-0.2, 0) is 14.4 Å². The molecule has 1 saturated heterocycles. The Morgan fingerprint density at radius 2 is 1.87 bits per heavy atom. The Bertz CT molecular complexity index is 730. The average molecular weight is 474 g/mol. The van der Waals surface area contributed by atoms with E-state index >= 15 is 0 Å². The molecular weight excluding hydrogens is 445 g/mol. The summed E-state index contributed by atoms with van der Waals surface area (Å²) >= 11 is 10.0. The molecule has 0 saturated carbocycles. The third kappa shape index (κ3) is 9.89. The summed E-state index contributed by atoms with van der Waals surface area (Å²) in [4.78, 5) is 35.9. The van der Waals surface area contributed by atoms with Crippen LogP contribution in [0.5, 0.6) is 0 Å². The quantitative estimate of drug-likeness (QED) is 0.149. The Labute approximate surface area is 191 Å².